The molecule has 2 fully saturated rings. The van der Waals surface area contributed by atoms with E-state index < -0.39 is 0 Å². The Balaban J connectivity index is 1.33. The maximum atomic E-state index is 12.9. The number of nitrogens with one attached hydrogen (secondary N) is 1. The minimum atomic E-state index is 0.0458. The van der Waals surface area contributed by atoms with E-state index in [-0.39, 0.29) is 11.8 Å². The Labute approximate surface area is 166 Å². The van der Waals surface area contributed by atoms with Crippen LogP contribution in [0.25, 0.3) is 10.9 Å². The van der Waals surface area contributed by atoms with Crippen LogP contribution >= 0.6 is 0 Å². The lowest BCUT2D eigenvalue weighted by molar-refractivity contribution is -0.136. The minimum Gasteiger partial charge on any atom is -0.351 e. The van der Waals surface area contributed by atoms with Crippen LogP contribution in [0.3, 0.4) is 0 Å². The van der Waals surface area contributed by atoms with Gasteiger partial charge in [0.05, 0.1) is 6.54 Å². The minimum absolute atomic E-state index is 0.0458. The molecular weight excluding hydrogens is 352 g/mol. The third kappa shape index (κ3) is 3.92. The van der Waals surface area contributed by atoms with Crippen molar-refractivity contribution in [3.8, 4) is 0 Å². The number of hydrogen-bond acceptors (Lipinski definition) is 3. The zero-order valence-electron chi connectivity index (χ0n) is 16.9. The Morgan fingerprint density at radius 3 is 2.61 bits per heavy atom. The van der Waals surface area contributed by atoms with Gasteiger partial charge in [-0.15, -0.1) is 0 Å². The number of piperazine rings is 1. The van der Waals surface area contributed by atoms with Gasteiger partial charge in [0.15, 0.2) is 0 Å². The second kappa shape index (κ2) is 7.95. The number of nitrogens with zero attached hydrogens (tertiary/aromatic N) is 3. The molecule has 28 heavy (non-hydrogen) atoms. The summed E-state index contributed by atoms with van der Waals surface area (Å²) in [4.78, 5) is 34.9. The fourth-order valence-electron chi connectivity index (χ4n) is 4.39. The number of rotatable bonds is 3. The summed E-state index contributed by atoms with van der Waals surface area (Å²) in [5.74, 6) is 0.280. The van der Waals surface area contributed by atoms with Gasteiger partial charge in [0.2, 0.25) is 5.91 Å². The third-order valence-electron chi connectivity index (χ3n) is 6.15. The van der Waals surface area contributed by atoms with E-state index in [1.165, 1.54) is 12.0 Å². The van der Waals surface area contributed by atoms with Gasteiger partial charge < -0.3 is 14.8 Å². The van der Waals surface area contributed by atoms with E-state index in [0.29, 0.717) is 31.4 Å². The first kappa shape index (κ1) is 19.0. The van der Waals surface area contributed by atoms with E-state index in [0.717, 1.165) is 43.4 Å². The highest BCUT2D eigenvalue weighted by molar-refractivity contribution is 5.98. The molecule has 2 amide bonds. The molecule has 0 radical (unpaired) electrons. The van der Waals surface area contributed by atoms with E-state index in [9.17, 15) is 9.59 Å². The van der Waals surface area contributed by atoms with Crippen LogP contribution in [-0.4, -0.2) is 76.8 Å². The smallest absolute Gasteiger partial charge is 0.270 e. The molecule has 2 saturated heterocycles. The first-order valence-electron chi connectivity index (χ1n) is 10.4. The maximum absolute atomic E-state index is 12.9. The fourth-order valence-corrected chi connectivity index (χ4v) is 4.39. The largest absolute Gasteiger partial charge is 0.351 e. The highest BCUT2D eigenvalue weighted by Crippen LogP contribution is 2.19. The van der Waals surface area contributed by atoms with Gasteiger partial charge in [-0.1, -0.05) is 12.1 Å². The monoisotopic (exact) mass is 382 g/mol. The Kier molecular flexibility index (Phi) is 5.40. The molecule has 1 aromatic carbocycles. The van der Waals surface area contributed by atoms with Crippen molar-refractivity contribution in [3.63, 3.8) is 0 Å². The zero-order chi connectivity index (χ0) is 19.7. The predicted octanol–water partition coefficient (Wildman–Crippen LogP) is 2.64. The summed E-state index contributed by atoms with van der Waals surface area (Å²) >= 11 is 0. The van der Waals surface area contributed by atoms with Gasteiger partial charge in [-0.25, -0.2) is 0 Å². The number of likely N-dealkylation sites (tertiary alicyclic amines) is 1. The number of carbonyl (C=O) groups excluding carboxylic acids is 2. The Morgan fingerprint density at radius 2 is 1.86 bits per heavy atom. The maximum Gasteiger partial charge on any atom is 0.270 e. The second-order valence-electron chi connectivity index (χ2n) is 8.27. The summed E-state index contributed by atoms with van der Waals surface area (Å²) in [5, 5.41) is 1.06. The SMILES string of the molecule is Cc1ccc2cc(C(=O)N3CCN(CC(=O)N4CCCCC4C)CC3)[nH]c2c1. The number of aryl methyl sites for hydroxylation is 1. The van der Waals surface area contributed by atoms with Crippen molar-refractivity contribution in [1.82, 2.24) is 19.7 Å². The first-order valence-corrected chi connectivity index (χ1v) is 10.4. The highest BCUT2D eigenvalue weighted by Gasteiger charge is 2.28. The molecule has 6 heteroatoms. The third-order valence-corrected chi connectivity index (χ3v) is 6.15. The van der Waals surface area contributed by atoms with Crippen molar-refractivity contribution in [1.29, 1.82) is 0 Å². The van der Waals surface area contributed by atoms with Gasteiger partial charge in [-0.05, 0) is 50.8 Å². The lowest BCUT2D eigenvalue weighted by Crippen LogP contribution is -2.53. The number of aromatic nitrogens is 1. The molecule has 1 atom stereocenters. The van der Waals surface area contributed by atoms with E-state index in [1.807, 2.05) is 28.9 Å². The summed E-state index contributed by atoms with van der Waals surface area (Å²) in [7, 11) is 0. The highest BCUT2D eigenvalue weighted by atomic mass is 16.2. The van der Waals surface area contributed by atoms with Gasteiger partial charge in [0.1, 0.15) is 5.69 Å². The van der Waals surface area contributed by atoms with Crippen molar-refractivity contribution < 1.29 is 9.59 Å². The quantitative estimate of drug-likeness (QED) is 0.888. The van der Waals surface area contributed by atoms with Crippen LogP contribution in [0.2, 0.25) is 0 Å². The number of H-pyrrole nitrogens is 1. The lowest BCUT2D eigenvalue weighted by Gasteiger charge is -2.38. The Hall–Kier alpha value is -2.34. The molecule has 2 aliphatic heterocycles. The molecule has 1 unspecified atom stereocenters. The number of benzene rings is 1. The van der Waals surface area contributed by atoms with Crippen molar-refractivity contribution in [3.05, 3.63) is 35.5 Å². The molecule has 150 valence electrons. The van der Waals surface area contributed by atoms with Crippen LogP contribution in [0.4, 0.5) is 0 Å². The van der Waals surface area contributed by atoms with E-state index in [4.69, 9.17) is 0 Å². The van der Waals surface area contributed by atoms with Crippen LogP contribution in [0.5, 0.6) is 0 Å². The molecule has 4 rings (SSSR count). The zero-order valence-corrected chi connectivity index (χ0v) is 16.9. The molecule has 3 heterocycles. The average Bonchev–Trinajstić information content (AvgIpc) is 3.11. The topological polar surface area (TPSA) is 59.7 Å². The fraction of sp³-hybridized carbons (Fsp3) is 0.545. The molecule has 0 spiro atoms. The summed E-state index contributed by atoms with van der Waals surface area (Å²) < 4.78 is 0. The Bertz CT molecular complexity index is 867. The molecule has 2 aromatic rings. The van der Waals surface area contributed by atoms with Crippen LogP contribution in [0.15, 0.2) is 24.3 Å². The molecular formula is C22H30N4O2. The predicted molar refractivity (Wildman–Crippen MR) is 110 cm³/mol. The molecule has 0 bridgehead atoms. The number of piperidine rings is 1. The molecule has 0 saturated carbocycles. The van der Waals surface area contributed by atoms with E-state index in [2.05, 4.69) is 28.9 Å². The number of amides is 2. The van der Waals surface area contributed by atoms with Crippen molar-refractivity contribution in [2.45, 2.75) is 39.2 Å². The van der Waals surface area contributed by atoms with E-state index in [1.54, 1.807) is 0 Å². The van der Waals surface area contributed by atoms with Crippen LogP contribution in [-0.2, 0) is 4.79 Å². The first-order chi connectivity index (χ1) is 13.5. The molecule has 1 aromatic heterocycles. The second-order valence-corrected chi connectivity index (χ2v) is 8.27. The van der Waals surface area contributed by atoms with Crippen LogP contribution in [0.1, 0.15) is 42.2 Å². The summed E-state index contributed by atoms with van der Waals surface area (Å²) in [6.07, 6.45) is 3.44. The molecule has 6 nitrogen and oxygen atoms in total. The van der Waals surface area contributed by atoms with E-state index >= 15 is 0 Å². The summed E-state index contributed by atoms with van der Waals surface area (Å²) in [6, 6.07) is 8.46. The van der Waals surface area contributed by atoms with Gasteiger partial charge in [-0.3, -0.25) is 14.5 Å². The van der Waals surface area contributed by atoms with Crippen LogP contribution < -0.4 is 0 Å². The Morgan fingerprint density at radius 1 is 1.07 bits per heavy atom. The summed E-state index contributed by atoms with van der Waals surface area (Å²) in [6.45, 7) is 8.38. The number of aromatic amines is 1. The standard InChI is InChI=1S/C22H30N4O2/c1-16-6-7-18-14-20(23-19(18)13-16)22(28)25-11-9-24(10-12-25)15-21(27)26-8-4-3-5-17(26)2/h6-7,13-14,17,23H,3-5,8-12,15H2,1-2H3. The molecule has 1 N–H and O–H groups in total. The number of hydrogen-bond donors (Lipinski definition) is 1. The molecule has 0 aliphatic carbocycles. The van der Waals surface area contributed by atoms with Crippen molar-refractivity contribution in [2.75, 3.05) is 39.3 Å². The van der Waals surface area contributed by atoms with Gasteiger partial charge in [0, 0.05) is 49.7 Å². The van der Waals surface area contributed by atoms with Gasteiger partial charge >= 0.3 is 0 Å². The van der Waals surface area contributed by atoms with Crippen molar-refractivity contribution in [2.24, 2.45) is 0 Å². The number of fused-ring (bicyclic) bond motifs is 1. The van der Waals surface area contributed by atoms with Crippen LogP contribution in [0, 0.1) is 6.92 Å². The van der Waals surface area contributed by atoms with Gasteiger partial charge in [0.25, 0.3) is 5.91 Å². The van der Waals surface area contributed by atoms with Gasteiger partial charge in [-0.2, -0.15) is 0 Å². The average molecular weight is 383 g/mol. The van der Waals surface area contributed by atoms with Crippen molar-refractivity contribution >= 4 is 22.7 Å². The lowest BCUT2D eigenvalue weighted by atomic mass is 10.0. The number of carbonyl (C=O) groups is 2. The summed E-state index contributed by atoms with van der Waals surface area (Å²) in [5.41, 5.74) is 2.82. The molecule has 2 aliphatic rings. The normalized spacial score (nSPS) is 21.3.